The number of nitrogens with two attached hydrogens (primary N) is 2. The Kier molecular flexibility index (Phi) is 10.2. The smallest absolute Gasteiger partial charge is 0.426 e. The van der Waals surface area contributed by atoms with E-state index in [-0.39, 0.29) is 17.9 Å². The van der Waals surface area contributed by atoms with Crippen molar-refractivity contribution in [2.24, 2.45) is 5.41 Å². The minimum atomic E-state index is -4.44. The number of anilines is 2. The van der Waals surface area contributed by atoms with Gasteiger partial charge in [-0.25, -0.2) is 4.79 Å². The fraction of sp³-hybridized carbons (Fsp3) is 0.229. The Hall–Kier alpha value is -4.86. The predicted molar refractivity (Wildman–Crippen MR) is 164 cm³/mol. The number of hydrogen-bond acceptors (Lipinski definition) is 5. The normalized spacial score (nSPS) is 12.3. The Labute approximate surface area is 258 Å². The summed E-state index contributed by atoms with van der Waals surface area (Å²) in [5.74, 6) is -0.739. The molecule has 0 spiro atoms. The summed E-state index contributed by atoms with van der Waals surface area (Å²) in [6.45, 7) is 2.16. The third kappa shape index (κ3) is 10.4. The van der Waals surface area contributed by atoms with E-state index in [9.17, 15) is 26.7 Å². The summed E-state index contributed by atoms with van der Waals surface area (Å²) in [5, 5.41) is 0. The highest BCUT2D eigenvalue weighted by Gasteiger charge is 2.35. The molecule has 0 fully saturated rings. The van der Waals surface area contributed by atoms with Gasteiger partial charge in [-0.2, -0.15) is 22.0 Å². The molecule has 4 N–H and O–H groups in total. The summed E-state index contributed by atoms with van der Waals surface area (Å²) < 4.78 is 77.3. The van der Waals surface area contributed by atoms with Gasteiger partial charge in [-0.1, -0.05) is 55.5 Å². The molecule has 45 heavy (non-hydrogen) atoms. The highest BCUT2D eigenvalue weighted by molar-refractivity contribution is 5.87. The molecule has 236 valence electrons. The van der Waals surface area contributed by atoms with E-state index < -0.39 is 35.7 Å². The predicted octanol–water partition coefficient (Wildman–Crippen LogP) is 8.13. The van der Waals surface area contributed by atoms with Crippen LogP contribution in [0.15, 0.2) is 103 Å². The SMILES string of the molecule is CC(COC(=O)/C=C/c1ccc(OC(F)(F)c2ccc(CC(F)(F)F)cc2)cc1)(Cc1ccc(N)cc1)Cc1ccc(N)cc1. The third-order valence-electron chi connectivity index (χ3n) is 7.02. The maximum atomic E-state index is 14.6. The van der Waals surface area contributed by atoms with E-state index in [4.69, 9.17) is 20.9 Å². The van der Waals surface area contributed by atoms with Crippen LogP contribution in [0.2, 0.25) is 0 Å². The number of alkyl halides is 5. The Bertz CT molecular complexity index is 1540. The van der Waals surface area contributed by atoms with Gasteiger partial charge in [0, 0.05) is 22.9 Å². The van der Waals surface area contributed by atoms with Crippen LogP contribution < -0.4 is 16.2 Å². The zero-order valence-corrected chi connectivity index (χ0v) is 24.5. The van der Waals surface area contributed by atoms with Crippen LogP contribution >= 0.6 is 0 Å². The molecule has 0 radical (unpaired) electrons. The maximum absolute atomic E-state index is 14.6. The van der Waals surface area contributed by atoms with E-state index in [1.165, 1.54) is 36.4 Å². The van der Waals surface area contributed by atoms with Crippen molar-refractivity contribution in [3.05, 3.63) is 131 Å². The summed E-state index contributed by atoms with van der Waals surface area (Å²) in [6, 6.07) is 24.4. The fourth-order valence-electron chi connectivity index (χ4n) is 4.78. The van der Waals surface area contributed by atoms with Gasteiger partial charge in [0.15, 0.2) is 0 Å². The first-order chi connectivity index (χ1) is 21.2. The molecule has 0 saturated heterocycles. The van der Waals surface area contributed by atoms with Gasteiger partial charge in [0.1, 0.15) is 5.75 Å². The van der Waals surface area contributed by atoms with Crippen LogP contribution in [0.4, 0.5) is 33.3 Å². The number of halogens is 5. The number of carbonyl (C=O) groups excluding carboxylic acids is 1. The van der Waals surface area contributed by atoms with Crippen LogP contribution in [0.1, 0.15) is 34.7 Å². The van der Waals surface area contributed by atoms with Crippen molar-refractivity contribution in [3.8, 4) is 5.75 Å². The van der Waals surface area contributed by atoms with E-state index >= 15 is 0 Å². The van der Waals surface area contributed by atoms with Crippen LogP contribution in [0.25, 0.3) is 6.08 Å². The second kappa shape index (κ2) is 13.8. The summed E-state index contributed by atoms with van der Waals surface area (Å²) in [7, 11) is 0. The topological polar surface area (TPSA) is 87.6 Å². The molecule has 4 rings (SSSR count). The standard InChI is InChI=1S/C35H33F5N2O3/c1-33(20-25-4-13-29(41)14-5-25,21-26-6-15-30(42)16-7-26)23-44-32(43)19-10-24-8-17-31(18-9-24)45-35(39,40)28-11-2-27(3-12-28)22-34(36,37)38/h2-19H,20-23,41-42H2,1H3/b19-10+. The van der Waals surface area contributed by atoms with Gasteiger partial charge >= 0.3 is 18.3 Å². The minimum Gasteiger partial charge on any atom is -0.462 e. The van der Waals surface area contributed by atoms with Crippen molar-refractivity contribution < 1.29 is 36.2 Å². The highest BCUT2D eigenvalue weighted by Crippen LogP contribution is 2.33. The molecule has 0 atom stereocenters. The lowest BCUT2D eigenvalue weighted by Gasteiger charge is -2.29. The average molecular weight is 625 g/mol. The molecule has 10 heteroatoms. The highest BCUT2D eigenvalue weighted by atomic mass is 19.4. The molecule has 4 aromatic rings. The van der Waals surface area contributed by atoms with Crippen molar-refractivity contribution in [1.29, 1.82) is 0 Å². The van der Waals surface area contributed by atoms with Crippen molar-refractivity contribution >= 4 is 23.4 Å². The lowest BCUT2D eigenvalue weighted by Crippen LogP contribution is -2.30. The quantitative estimate of drug-likeness (QED) is 0.0719. The van der Waals surface area contributed by atoms with Gasteiger partial charge in [-0.15, -0.1) is 0 Å². The Morgan fingerprint density at radius 1 is 0.689 bits per heavy atom. The number of carbonyl (C=O) groups is 1. The van der Waals surface area contributed by atoms with E-state index in [1.54, 1.807) is 0 Å². The number of benzene rings is 4. The molecule has 4 aromatic carbocycles. The van der Waals surface area contributed by atoms with Gasteiger partial charge in [0.2, 0.25) is 0 Å². The van der Waals surface area contributed by atoms with Crippen molar-refractivity contribution in [2.45, 2.75) is 38.5 Å². The molecule has 5 nitrogen and oxygen atoms in total. The molecule has 0 saturated carbocycles. The molecule has 0 aliphatic carbocycles. The number of ether oxygens (including phenoxy) is 2. The Morgan fingerprint density at radius 2 is 1.16 bits per heavy atom. The summed E-state index contributed by atoms with van der Waals surface area (Å²) in [5.41, 5.74) is 14.4. The first-order valence-corrected chi connectivity index (χ1v) is 14.0. The Morgan fingerprint density at radius 3 is 1.64 bits per heavy atom. The van der Waals surface area contributed by atoms with Crippen molar-refractivity contribution in [3.63, 3.8) is 0 Å². The third-order valence-corrected chi connectivity index (χ3v) is 7.02. The zero-order valence-electron chi connectivity index (χ0n) is 24.5. The molecule has 0 aliphatic heterocycles. The second-order valence-electron chi connectivity index (χ2n) is 11.3. The van der Waals surface area contributed by atoms with E-state index in [2.05, 4.69) is 0 Å². The summed E-state index contributed by atoms with van der Waals surface area (Å²) in [6.07, 6.45) is -5.44. The molecule has 0 heterocycles. The number of nitrogen functional groups attached to an aromatic ring is 2. The number of esters is 1. The summed E-state index contributed by atoms with van der Waals surface area (Å²) in [4.78, 5) is 12.6. The monoisotopic (exact) mass is 624 g/mol. The molecule has 0 unspecified atom stereocenters. The molecular weight excluding hydrogens is 591 g/mol. The largest absolute Gasteiger partial charge is 0.462 e. The number of rotatable bonds is 12. The van der Waals surface area contributed by atoms with Gasteiger partial charge < -0.3 is 20.9 Å². The van der Waals surface area contributed by atoms with Crippen LogP contribution in [0.5, 0.6) is 5.75 Å². The molecule has 0 aromatic heterocycles. The van der Waals surface area contributed by atoms with Crippen LogP contribution in [-0.4, -0.2) is 18.8 Å². The van der Waals surface area contributed by atoms with Gasteiger partial charge in [0.25, 0.3) is 0 Å². The first-order valence-electron chi connectivity index (χ1n) is 14.0. The Balaban J connectivity index is 1.35. The maximum Gasteiger partial charge on any atom is 0.426 e. The van der Waals surface area contributed by atoms with Crippen molar-refractivity contribution in [2.75, 3.05) is 18.1 Å². The number of hydrogen-bond donors (Lipinski definition) is 2. The van der Waals surface area contributed by atoms with Crippen LogP contribution in [-0.2, 0) is 34.9 Å². The van der Waals surface area contributed by atoms with Gasteiger partial charge in [0.05, 0.1) is 18.6 Å². The van der Waals surface area contributed by atoms with Gasteiger partial charge in [-0.05, 0) is 89.7 Å². The van der Waals surface area contributed by atoms with E-state index in [0.717, 1.165) is 35.4 Å². The second-order valence-corrected chi connectivity index (χ2v) is 11.3. The minimum absolute atomic E-state index is 0.129. The molecular formula is C35H33F5N2O3. The van der Waals surface area contributed by atoms with Crippen molar-refractivity contribution in [1.82, 2.24) is 0 Å². The first kappa shape index (κ1) is 33.0. The van der Waals surface area contributed by atoms with E-state index in [0.29, 0.717) is 29.8 Å². The fourth-order valence-corrected chi connectivity index (χ4v) is 4.78. The summed E-state index contributed by atoms with van der Waals surface area (Å²) >= 11 is 0. The van der Waals surface area contributed by atoms with Crippen LogP contribution in [0.3, 0.4) is 0 Å². The lowest BCUT2D eigenvalue weighted by atomic mass is 9.79. The lowest BCUT2D eigenvalue weighted by molar-refractivity contribution is -0.185. The average Bonchev–Trinajstić information content (AvgIpc) is 2.97. The van der Waals surface area contributed by atoms with Crippen LogP contribution in [0, 0.1) is 5.41 Å². The molecule has 0 aliphatic rings. The molecule has 0 bridgehead atoms. The van der Waals surface area contributed by atoms with E-state index in [1.807, 2.05) is 55.5 Å². The zero-order chi connectivity index (χ0) is 32.7. The molecule has 0 amide bonds. The van der Waals surface area contributed by atoms with Gasteiger partial charge in [-0.3, -0.25) is 0 Å².